The summed E-state index contributed by atoms with van der Waals surface area (Å²) < 4.78 is 6.31. The van der Waals surface area contributed by atoms with E-state index in [2.05, 4.69) is 33.5 Å². The first-order valence-electron chi connectivity index (χ1n) is 7.47. The lowest BCUT2D eigenvalue weighted by atomic mass is 10.2. The number of nitrogens with one attached hydrogen (secondary N) is 2. The van der Waals surface area contributed by atoms with E-state index in [1.54, 1.807) is 6.07 Å². The molecule has 6 heteroatoms. The van der Waals surface area contributed by atoms with Crippen LogP contribution in [0.15, 0.2) is 22.7 Å². The molecule has 2 amide bonds. The number of hydrogen-bond acceptors (Lipinski definition) is 3. The van der Waals surface area contributed by atoms with Gasteiger partial charge in [0, 0.05) is 29.9 Å². The monoisotopic (exact) mass is 370 g/mol. The SMILES string of the molecule is CCCCOCCCNC(=O)C(=O)Nc1ccc(Br)cc1C. The minimum absolute atomic E-state index is 0.428. The number of aryl methyl sites for hydroxylation is 1. The van der Waals surface area contributed by atoms with Gasteiger partial charge in [-0.25, -0.2) is 0 Å². The van der Waals surface area contributed by atoms with Crippen molar-refractivity contribution in [3.05, 3.63) is 28.2 Å². The first-order valence-corrected chi connectivity index (χ1v) is 8.27. The Kier molecular flexibility index (Phi) is 8.77. The van der Waals surface area contributed by atoms with Crippen LogP contribution < -0.4 is 10.6 Å². The van der Waals surface area contributed by atoms with E-state index in [1.807, 2.05) is 19.1 Å². The van der Waals surface area contributed by atoms with Gasteiger partial charge in [0.25, 0.3) is 0 Å². The largest absolute Gasteiger partial charge is 0.381 e. The first-order chi connectivity index (χ1) is 10.5. The van der Waals surface area contributed by atoms with Crippen LogP contribution in [0.5, 0.6) is 0 Å². The molecule has 0 fully saturated rings. The lowest BCUT2D eigenvalue weighted by Crippen LogP contribution is -2.36. The van der Waals surface area contributed by atoms with Gasteiger partial charge in [-0.15, -0.1) is 0 Å². The third-order valence-electron chi connectivity index (χ3n) is 3.04. The van der Waals surface area contributed by atoms with E-state index in [9.17, 15) is 9.59 Å². The molecule has 0 aliphatic rings. The predicted molar refractivity (Wildman–Crippen MR) is 90.9 cm³/mol. The summed E-state index contributed by atoms with van der Waals surface area (Å²) in [5.74, 6) is -1.28. The van der Waals surface area contributed by atoms with Gasteiger partial charge in [0.15, 0.2) is 0 Å². The number of hydrogen-bond donors (Lipinski definition) is 2. The molecule has 0 aliphatic heterocycles. The highest BCUT2D eigenvalue weighted by Gasteiger charge is 2.13. The van der Waals surface area contributed by atoms with Gasteiger partial charge in [0.2, 0.25) is 0 Å². The van der Waals surface area contributed by atoms with E-state index >= 15 is 0 Å². The van der Waals surface area contributed by atoms with Crippen LogP contribution in [0.4, 0.5) is 5.69 Å². The van der Waals surface area contributed by atoms with E-state index in [0.29, 0.717) is 25.3 Å². The number of amides is 2. The van der Waals surface area contributed by atoms with Crippen molar-refractivity contribution in [3.8, 4) is 0 Å². The van der Waals surface area contributed by atoms with Crippen molar-refractivity contribution in [2.45, 2.75) is 33.1 Å². The highest BCUT2D eigenvalue weighted by molar-refractivity contribution is 9.10. The maximum absolute atomic E-state index is 11.8. The Hall–Kier alpha value is -1.40. The Labute approximate surface area is 139 Å². The van der Waals surface area contributed by atoms with Gasteiger partial charge in [0.1, 0.15) is 0 Å². The second kappa shape index (κ2) is 10.3. The van der Waals surface area contributed by atoms with Gasteiger partial charge in [-0.05, 0) is 43.5 Å². The summed E-state index contributed by atoms with van der Waals surface area (Å²) >= 11 is 3.35. The molecule has 0 spiro atoms. The summed E-state index contributed by atoms with van der Waals surface area (Å²) in [6.07, 6.45) is 2.84. The van der Waals surface area contributed by atoms with Crippen LogP contribution >= 0.6 is 15.9 Å². The quantitative estimate of drug-likeness (QED) is 0.545. The predicted octanol–water partition coefficient (Wildman–Crippen LogP) is 3.02. The number of carbonyl (C=O) groups excluding carboxylic acids is 2. The third-order valence-corrected chi connectivity index (χ3v) is 3.53. The van der Waals surface area contributed by atoms with Crippen molar-refractivity contribution in [3.63, 3.8) is 0 Å². The van der Waals surface area contributed by atoms with Crippen molar-refractivity contribution in [2.75, 3.05) is 25.1 Å². The molecule has 0 bridgehead atoms. The molecule has 0 saturated carbocycles. The summed E-state index contributed by atoms with van der Waals surface area (Å²) in [6.45, 7) is 5.74. The van der Waals surface area contributed by atoms with Crippen molar-refractivity contribution in [1.29, 1.82) is 0 Å². The molecule has 0 saturated heterocycles. The molecule has 1 aromatic carbocycles. The number of unbranched alkanes of at least 4 members (excludes halogenated alkanes) is 1. The highest BCUT2D eigenvalue weighted by atomic mass is 79.9. The summed E-state index contributed by atoms with van der Waals surface area (Å²) in [4.78, 5) is 23.5. The molecule has 5 nitrogen and oxygen atoms in total. The summed E-state index contributed by atoms with van der Waals surface area (Å²) in [6, 6.07) is 5.45. The standard InChI is InChI=1S/C16H23BrN2O3/c1-3-4-9-22-10-5-8-18-15(20)16(21)19-14-7-6-13(17)11-12(14)2/h6-7,11H,3-5,8-10H2,1-2H3,(H,18,20)(H,19,21). The minimum Gasteiger partial charge on any atom is -0.381 e. The molecular weight excluding hydrogens is 348 g/mol. The molecule has 0 aliphatic carbocycles. The molecular formula is C16H23BrN2O3. The van der Waals surface area contributed by atoms with Gasteiger partial charge >= 0.3 is 11.8 Å². The Bertz CT molecular complexity index is 506. The molecule has 0 radical (unpaired) electrons. The zero-order chi connectivity index (χ0) is 16.4. The van der Waals surface area contributed by atoms with Gasteiger partial charge in [-0.1, -0.05) is 29.3 Å². The Balaban J connectivity index is 2.26. The average molecular weight is 371 g/mol. The van der Waals surface area contributed by atoms with Gasteiger partial charge in [0.05, 0.1) is 0 Å². The van der Waals surface area contributed by atoms with Crippen LogP contribution in [0.1, 0.15) is 31.7 Å². The fourth-order valence-electron chi connectivity index (χ4n) is 1.75. The second-order valence-corrected chi connectivity index (χ2v) is 5.90. The topological polar surface area (TPSA) is 67.4 Å². The van der Waals surface area contributed by atoms with Crippen LogP contribution in [-0.2, 0) is 14.3 Å². The number of benzene rings is 1. The lowest BCUT2D eigenvalue weighted by molar-refractivity contribution is -0.136. The van der Waals surface area contributed by atoms with Crippen LogP contribution in [0.2, 0.25) is 0 Å². The van der Waals surface area contributed by atoms with Crippen LogP contribution in [0.3, 0.4) is 0 Å². The zero-order valence-electron chi connectivity index (χ0n) is 13.1. The van der Waals surface area contributed by atoms with Crippen molar-refractivity contribution in [2.24, 2.45) is 0 Å². The van der Waals surface area contributed by atoms with Crippen LogP contribution in [0.25, 0.3) is 0 Å². The molecule has 0 unspecified atom stereocenters. The molecule has 0 heterocycles. The summed E-state index contributed by atoms with van der Waals surface area (Å²) in [7, 11) is 0. The fraction of sp³-hybridized carbons (Fsp3) is 0.500. The number of halogens is 1. The lowest BCUT2D eigenvalue weighted by Gasteiger charge is -2.09. The molecule has 1 aromatic rings. The molecule has 2 N–H and O–H groups in total. The Morgan fingerprint density at radius 3 is 2.59 bits per heavy atom. The van der Waals surface area contributed by atoms with E-state index < -0.39 is 11.8 Å². The zero-order valence-corrected chi connectivity index (χ0v) is 14.7. The van der Waals surface area contributed by atoms with Crippen molar-refractivity contribution in [1.82, 2.24) is 5.32 Å². The van der Waals surface area contributed by atoms with Gasteiger partial charge < -0.3 is 15.4 Å². The molecule has 22 heavy (non-hydrogen) atoms. The maximum atomic E-state index is 11.8. The Morgan fingerprint density at radius 1 is 1.18 bits per heavy atom. The fourth-order valence-corrected chi connectivity index (χ4v) is 2.23. The normalized spacial score (nSPS) is 10.3. The third kappa shape index (κ3) is 7.04. The summed E-state index contributed by atoms with van der Waals surface area (Å²) in [5, 5.41) is 5.19. The minimum atomic E-state index is -0.655. The highest BCUT2D eigenvalue weighted by Crippen LogP contribution is 2.19. The number of carbonyl (C=O) groups is 2. The number of anilines is 1. The molecule has 0 atom stereocenters. The maximum Gasteiger partial charge on any atom is 0.313 e. The van der Waals surface area contributed by atoms with Crippen LogP contribution in [0, 0.1) is 6.92 Å². The number of ether oxygens (including phenoxy) is 1. The van der Waals surface area contributed by atoms with E-state index in [0.717, 1.165) is 29.5 Å². The van der Waals surface area contributed by atoms with E-state index in [-0.39, 0.29) is 0 Å². The smallest absolute Gasteiger partial charge is 0.313 e. The molecule has 0 aromatic heterocycles. The molecule has 122 valence electrons. The summed E-state index contributed by atoms with van der Waals surface area (Å²) in [5.41, 5.74) is 1.52. The van der Waals surface area contributed by atoms with E-state index in [1.165, 1.54) is 0 Å². The number of rotatable bonds is 8. The van der Waals surface area contributed by atoms with Gasteiger partial charge in [-0.2, -0.15) is 0 Å². The van der Waals surface area contributed by atoms with Crippen molar-refractivity contribution >= 4 is 33.4 Å². The molecule has 1 rings (SSSR count). The Morgan fingerprint density at radius 2 is 1.91 bits per heavy atom. The van der Waals surface area contributed by atoms with Crippen LogP contribution in [-0.4, -0.2) is 31.6 Å². The average Bonchev–Trinajstić information content (AvgIpc) is 2.48. The van der Waals surface area contributed by atoms with Crippen molar-refractivity contribution < 1.29 is 14.3 Å². The first kappa shape index (κ1) is 18.6. The van der Waals surface area contributed by atoms with E-state index in [4.69, 9.17) is 4.74 Å². The second-order valence-electron chi connectivity index (χ2n) is 4.99. The van der Waals surface area contributed by atoms with Gasteiger partial charge in [-0.3, -0.25) is 9.59 Å².